The first-order valence-electron chi connectivity index (χ1n) is 10.0. The molecule has 31 heavy (non-hydrogen) atoms. The molecule has 0 saturated carbocycles. The van der Waals surface area contributed by atoms with Gasteiger partial charge in [0.15, 0.2) is 0 Å². The van der Waals surface area contributed by atoms with Crippen molar-refractivity contribution in [3.05, 3.63) is 36.2 Å². The van der Waals surface area contributed by atoms with Crippen LogP contribution in [0.4, 0.5) is 11.6 Å². The standard InChI is InChI=1S/C21H25N7O3/c1-12-10-28(11-13(2)24-12)16-6-5-14(18-15(16)9-23-21(26-18)31-4)19(29)27-20-22-8-7-17(25-20)30-3/h5-9,12-13,24H,10-11H2,1-4H3,(H,22,25,27,29)/t12-,13-/m1/s1. The number of carbonyl (C=O) groups is 1. The molecule has 0 radical (unpaired) electrons. The van der Waals surface area contributed by atoms with Gasteiger partial charge in [0.1, 0.15) is 0 Å². The second-order valence-electron chi connectivity index (χ2n) is 7.50. The third-order valence-electron chi connectivity index (χ3n) is 5.10. The molecule has 2 atom stereocenters. The van der Waals surface area contributed by atoms with Crippen LogP contribution in [0, 0.1) is 0 Å². The summed E-state index contributed by atoms with van der Waals surface area (Å²) < 4.78 is 10.3. The summed E-state index contributed by atoms with van der Waals surface area (Å²) in [6.45, 7) is 5.99. The molecule has 2 N–H and O–H groups in total. The molecular formula is C21H25N7O3. The van der Waals surface area contributed by atoms with E-state index < -0.39 is 0 Å². The molecule has 1 fully saturated rings. The van der Waals surface area contributed by atoms with E-state index in [4.69, 9.17) is 9.47 Å². The van der Waals surface area contributed by atoms with Crippen molar-refractivity contribution >= 4 is 28.4 Å². The minimum Gasteiger partial charge on any atom is -0.481 e. The molecule has 1 aromatic carbocycles. The molecule has 1 aliphatic rings. The van der Waals surface area contributed by atoms with Crippen LogP contribution in [0.1, 0.15) is 24.2 Å². The van der Waals surface area contributed by atoms with E-state index in [-0.39, 0.29) is 17.9 Å². The zero-order chi connectivity index (χ0) is 22.0. The van der Waals surface area contributed by atoms with Crippen LogP contribution in [-0.2, 0) is 0 Å². The summed E-state index contributed by atoms with van der Waals surface area (Å²) in [5, 5.41) is 7.02. The normalized spacial score (nSPS) is 18.6. The Labute approximate surface area is 180 Å². The fraction of sp³-hybridized carbons (Fsp3) is 0.381. The Hall–Kier alpha value is -3.53. The number of nitrogens with zero attached hydrogens (tertiary/aromatic N) is 5. The molecule has 0 spiro atoms. The third-order valence-corrected chi connectivity index (χ3v) is 5.10. The summed E-state index contributed by atoms with van der Waals surface area (Å²) in [6, 6.07) is 6.17. The number of methoxy groups -OCH3 is 2. The molecule has 10 nitrogen and oxygen atoms in total. The highest BCUT2D eigenvalue weighted by molar-refractivity contribution is 6.13. The number of nitrogens with one attached hydrogen (secondary N) is 2. The zero-order valence-corrected chi connectivity index (χ0v) is 17.9. The van der Waals surface area contributed by atoms with Crippen molar-refractivity contribution in [3.8, 4) is 11.9 Å². The van der Waals surface area contributed by atoms with Crippen molar-refractivity contribution in [1.29, 1.82) is 0 Å². The maximum atomic E-state index is 13.1. The van der Waals surface area contributed by atoms with Gasteiger partial charge < -0.3 is 19.7 Å². The number of amides is 1. The quantitative estimate of drug-likeness (QED) is 0.635. The number of anilines is 2. The lowest BCUT2D eigenvalue weighted by atomic mass is 10.0. The van der Waals surface area contributed by atoms with E-state index in [9.17, 15) is 4.79 Å². The van der Waals surface area contributed by atoms with Gasteiger partial charge in [0.05, 0.1) is 25.3 Å². The van der Waals surface area contributed by atoms with Crippen molar-refractivity contribution < 1.29 is 14.3 Å². The fourth-order valence-corrected chi connectivity index (χ4v) is 3.86. The average molecular weight is 423 g/mol. The maximum absolute atomic E-state index is 13.1. The Bertz CT molecular complexity index is 1100. The van der Waals surface area contributed by atoms with Gasteiger partial charge in [-0.05, 0) is 26.0 Å². The number of piperazine rings is 1. The van der Waals surface area contributed by atoms with E-state index in [2.05, 4.69) is 49.3 Å². The average Bonchev–Trinajstić information content (AvgIpc) is 2.77. The van der Waals surface area contributed by atoms with Crippen molar-refractivity contribution in [2.75, 3.05) is 37.5 Å². The summed E-state index contributed by atoms with van der Waals surface area (Å²) in [7, 11) is 3.00. The monoisotopic (exact) mass is 423 g/mol. The Kier molecular flexibility index (Phi) is 5.81. The van der Waals surface area contributed by atoms with E-state index in [0.29, 0.717) is 29.0 Å². The van der Waals surface area contributed by atoms with Gasteiger partial charge >= 0.3 is 6.01 Å². The molecule has 0 aliphatic carbocycles. The minimum atomic E-state index is -0.382. The molecular weight excluding hydrogens is 398 g/mol. The lowest BCUT2D eigenvalue weighted by Crippen LogP contribution is -2.54. The summed E-state index contributed by atoms with van der Waals surface area (Å²) >= 11 is 0. The Morgan fingerprint density at radius 2 is 1.87 bits per heavy atom. The number of ether oxygens (including phenoxy) is 2. The highest BCUT2D eigenvalue weighted by atomic mass is 16.5. The molecule has 162 valence electrons. The summed E-state index contributed by atoms with van der Waals surface area (Å²) in [5.41, 5.74) is 1.86. The molecule has 10 heteroatoms. The number of aromatic nitrogens is 4. The fourth-order valence-electron chi connectivity index (χ4n) is 3.86. The van der Waals surface area contributed by atoms with E-state index in [0.717, 1.165) is 24.2 Å². The van der Waals surface area contributed by atoms with E-state index in [1.165, 1.54) is 20.4 Å². The van der Waals surface area contributed by atoms with E-state index >= 15 is 0 Å². The van der Waals surface area contributed by atoms with Crippen LogP contribution in [0.2, 0.25) is 0 Å². The predicted molar refractivity (Wildman–Crippen MR) is 117 cm³/mol. The molecule has 2 aromatic heterocycles. The summed E-state index contributed by atoms with van der Waals surface area (Å²) in [5.74, 6) is 0.122. The summed E-state index contributed by atoms with van der Waals surface area (Å²) in [6.07, 6.45) is 3.22. The molecule has 1 saturated heterocycles. The molecule has 3 heterocycles. The zero-order valence-electron chi connectivity index (χ0n) is 17.9. The Balaban J connectivity index is 1.74. The van der Waals surface area contributed by atoms with Gasteiger partial charge in [0.2, 0.25) is 11.8 Å². The van der Waals surface area contributed by atoms with Crippen LogP contribution in [0.15, 0.2) is 30.6 Å². The number of rotatable bonds is 5. The van der Waals surface area contributed by atoms with Crippen LogP contribution in [0.25, 0.3) is 10.9 Å². The van der Waals surface area contributed by atoms with Crippen LogP contribution in [0.5, 0.6) is 11.9 Å². The van der Waals surface area contributed by atoms with Gasteiger partial charge in [0.25, 0.3) is 5.91 Å². The van der Waals surface area contributed by atoms with Crippen molar-refractivity contribution in [1.82, 2.24) is 25.3 Å². The summed E-state index contributed by atoms with van der Waals surface area (Å²) in [4.78, 5) is 32.3. The van der Waals surface area contributed by atoms with Crippen LogP contribution in [-0.4, -0.2) is 65.2 Å². The lowest BCUT2D eigenvalue weighted by Gasteiger charge is -2.38. The van der Waals surface area contributed by atoms with Gasteiger partial charge in [-0.2, -0.15) is 9.97 Å². The van der Waals surface area contributed by atoms with E-state index in [1.807, 2.05) is 6.07 Å². The van der Waals surface area contributed by atoms with Crippen molar-refractivity contribution in [2.45, 2.75) is 25.9 Å². The number of hydrogen-bond acceptors (Lipinski definition) is 9. The van der Waals surface area contributed by atoms with Gasteiger partial charge in [0, 0.05) is 54.7 Å². The van der Waals surface area contributed by atoms with Crippen molar-refractivity contribution in [2.24, 2.45) is 0 Å². The number of hydrogen-bond donors (Lipinski definition) is 2. The van der Waals surface area contributed by atoms with Crippen LogP contribution < -0.4 is 25.0 Å². The highest BCUT2D eigenvalue weighted by Crippen LogP contribution is 2.30. The van der Waals surface area contributed by atoms with Gasteiger partial charge in [-0.1, -0.05) is 0 Å². The van der Waals surface area contributed by atoms with Crippen LogP contribution in [0.3, 0.4) is 0 Å². The molecule has 1 aliphatic heterocycles. The van der Waals surface area contributed by atoms with Crippen LogP contribution >= 0.6 is 0 Å². The van der Waals surface area contributed by atoms with E-state index in [1.54, 1.807) is 18.3 Å². The number of carbonyl (C=O) groups excluding carboxylic acids is 1. The molecule has 1 amide bonds. The minimum absolute atomic E-state index is 0.146. The molecule has 3 aromatic rings. The number of benzene rings is 1. The first kappa shape index (κ1) is 20.7. The second kappa shape index (κ2) is 8.68. The highest BCUT2D eigenvalue weighted by Gasteiger charge is 2.24. The predicted octanol–water partition coefficient (Wildman–Crippen LogP) is 1.88. The third kappa shape index (κ3) is 4.33. The van der Waals surface area contributed by atoms with Gasteiger partial charge in [-0.3, -0.25) is 10.1 Å². The largest absolute Gasteiger partial charge is 0.481 e. The Morgan fingerprint density at radius 1 is 1.10 bits per heavy atom. The van der Waals surface area contributed by atoms with Crippen molar-refractivity contribution in [3.63, 3.8) is 0 Å². The topological polar surface area (TPSA) is 114 Å². The smallest absolute Gasteiger partial charge is 0.316 e. The van der Waals surface area contributed by atoms with Gasteiger partial charge in [-0.25, -0.2) is 9.97 Å². The number of fused-ring (bicyclic) bond motifs is 1. The molecule has 0 bridgehead atoms. The molecule has 4 rings (SSSR count). The molecule has 0 unspecified atom stereocenters. The first-order valence-corrected chi connectivity index (χ1v) is 10.0. The second-order valence-corrected chi connectivity index (χ2v) is 7.50. The SMILES string of the molecule is COc1ccnc(NC(=O)c2ccc(N3C[C@@H](C)N[C@H](C)C3)c3cnc(OC)nc23)n1. The maximum Gasteiger partial charge on any atom is 0.316 e. The lowest BCUT2D eigenvalue weighted by molar-refractivity contribution is 0.102. The van der Waals surface area contributed by atoms with Gasteiger partial charge in [-0.15, -0.1) is 0 Å². The Morgan fingerprint density at radius 3 is 2.58 bits per heavy atom. The first-order chi connectivity index (χ1) is 15.0.